The molecule has 0 aromatic carbocycles. The van der Waals surface area contributed by atoms with Crippen molar-refractivity contribution in [3.63, 3.8) is 0 Å². The molecule has 2 aliphatic heterocycles. The van der Waals surface area contributed by atoms with Gasteiger partial charge < -0.3 is 24.3 Å². The van der Waals surface area contributed by atoms with Crippen LogP contribution in [0, 0.1) is 0 Å². The molecule has 2 rings (SSSR count). The zero-order valence-corrected chi connectivity index (χ0v) is 12.6. The van der Waals surface area contributed by atoms with Crippen LogP contribution in [0.1, 0.15) is 34.6 Å². The van der Waals surface area contributed by atoms with Gasteiger partial charge in [-0.1, -0.05) is 0 Å². The van der Waals surface area contributed by atoms with E-state index in [0.717, 1.165) is 0 Å². The van der Waals surface area contributed by atoms with E-state index >= 15 is 0 Å². The molecule has 0 bridgehead atoms. The Morgan fingerprint density at radius 2 is 2.05 bits per heavy atom. The molecule has 1 unspecified atom stereocenters. The first kappa shape index (κ1) is 15.1. The van der Waals surface area contributed by atoms with Crippen LogP contribution < -0.4 is 5.32 Å². The number of carbonyl (C=O) groups excluding carboxylic acids is 1. The molecule has 0 aromatic rings. The van der Waals surface area contributed by atoms with Crippen LogP contribution in [-0.4, -0.2) is 42.3 Å². The number of hydrogen-bond donors (Lipinski definition) is 1. The molecular weight excluding hydrogens is 262 g/mol. The van der Waals surface area contributed by atoms with Gasteiger partial charge in [-0.3, -0.25) is 0 Å². The van der Waals surface area contributed by atoms with Gasteiger partial charge in [0.1, 0.15) is 23.9 Å². The van der Waals surface area contributed by atoms with Crippen LogP contribution >= 0.6 is 0 Å². The van der Waals surface area contributed by atoms with Gasteiger partial charge in [0.15, 0.2) is 5.79 Å². The third-order valence-electron chi connectivity index (χ3n) is 2.90. The Labute approximate surface area is 119 Å². The molecule has 0 spiro atoms. The number of carbonyl (C=O) groups is 1. The third kappa shape index (κ3) is 3.86. The summed E-state index contributed by atoms with van der Waals surface area (Å²) in [5, 5.41) is 2.69. The van der Waals surface area contributed by atoms with Crippen molar-refractivity contribution in [2.24, 2.45) is 0 Å². The van der Waals surface area contributed by atoms with E-state index in [1.807, 2.05) is 40.7 Å². The predicted octanol–water partition coefficient (Wildman–Crippen LogP) is 1.94. The molecule has 1 saturated heterocycles. The summed E-state index contributed by atoms with van der Waals surface area (Å²) in [7, 11) is 0. The Morgan fingerprint density at radius 3 is 2.70 bits per heavy atom. The molecule has 6 nitrogen and oxygen atoms in total. The van der Waals surface area contributed by atoms with E-state index < -0.39 is 17.5 Å². The summed E-state index contributed by atoms with van der Waals surface area (Å²) in [6.07, 6.45) is 2.27. The summed E-state index contributed by atoms with van der Waals surface area (Å²) in [5.41, 5.74) is -0.519. The van der Waals surface area contributed by atoms with Gasteiger partial charge in [0.2, 0.25) is 0 Å². The Hall–Kier alpha value is -1.27. The fourth-order valence-electron chi connectivity index (χ4n) is 2.22. The van der Waals surface area contributed by atoms with Crippen molar-refractivity contribution >= 4 is 6.09 Å². The van der Waals surface area contributed by atoms with E-state index in [4.69, 9.17) is 18.9 Å². The van der Waals surface area contributed by atoms with E-state index in [2.05, 4.69) is 5.32 Å². The van der Waals surface area contributed by atoms with Crippen LogP contribution in [0.15, 0.2) is 12.3 Å². The standard InChI is InChI=1S/C14H23NO5/c1-13(2,3)20-12(16)15-8-10-11-9(6-7-17-10)18-14(4,5)19-11/h6-7,9-11H,8H2,1-5H3,(H,15,16)/t9?,10-,11-/m1/s1. The number of hydrogen-bond acceptors (Lipinski definition) is 5. The second-order valence-corrected chi connectivity index (χ2v) is 6.45. The summed E-state index contributed by atoms with van der Waals surface area (Å²) in [6.45, 7) is 9.48. The van der Waals surface area contributed by atoms with Crippen molar-refractivity contribution in [1.82, 2.24) is 5.32 Å². The van der Waals surface area contributed by atoms with Crippen LogP contribution in [0.4, 0.5) is 4.79 Å². The molecule has 1 N–H and O–H groups in total. The van der Waals surface area contributed by atoms with Gasteiger partial charge in [0.25, 0.3) is 0 Å². The predicted molar refractivity (Wildman–Crippen MR) is 72.1 cm³/mol. The lowest BCUT2D eigenvalue weighted by molar-refractivity contribution is -0.151. The molecule has 114 valence electrons. The maximum absolute atomic E-state index is 11.6. The Bertz CT molecular complexity index is 399. The number of amides is 1. The third-order valence-corrected chi connectivity index (χ3v) is 2.90. The van der Waals surface area contributed by atoms with Gasteiger partial charge in [-0.2, -0.15) is 0 Å². The summed E-state index contributed by atoms with van der Waals surface area (Å²) in [4.78, 5) is 11.6. The summed E-state index contributed by atoms with van der Waals surface area (Å²) < 4.78 is 22.2. The van der Waals surface area contributed by atoms with Gasteiger partial charge in [0.05, 0.1) is 12.8 Å². The van der Waals surface area contributed by atoms with Crippen LogP contribution in [0.2, 0.25) is 0 Å². The van der Waals surface area contributed by atoms with Crippen LogP contribution in [0.5, 0.6) is 0 Å². The monoisotopic (exact) mass is 285 g/mol. The van der Waals surface area contributed by atoms with Crippen LogP contribution in [0.3, 0.4) is 0 Å². The highest BCUT2D eigenvalue weighted by molar-refractivity contribution is 5.67. The van der Waals surface area contributed by atoms with Gasteiger partial charge in [-0.15, -0.1) is 0 Å². The zero-order valence-electron chi connectivity index (χ0n) is 12.6. The van der Waals surface area contributed by atoms with E-state index in [0.29, 0.717) is 6.54 Å². The van der Waals surface area contributed by atoms with Gasteiger partial charge in [-0.25, -0.2) is 4.79 Å². The van der Waals surface area contributed by atoms with Crippen molar-refractivity contribution < 1.29 is 23.7 Å². The Kier molecular flexibility index (Phi) is 3.97. The minimum absolute atomic E-state index is 0.149. The molecule has 0 aromatic heterocycles. The van der Waals surface area contributed by atoms with Crippen molar-refractivity contribution in [1.29, 1.82) is 0 Å². The van der Waals surface area contributed by atoms with Gasteiger partial charge >= 0.3 is 6.09 Å². The highest BCUT2D eigenvalue weighted by Gasteiger charge is 2.46. The SMILES string of the molecule is CC(C)(C)OC(=O)NC[C@H]1OC=CC2OC(C)(C)O[C@H]21. The van der Waals surface area contributed by atoms with Crippen LogP contribution in [0.25, 0.3) is 0 Å². The average molecular weight is 285 g/mol. The van der Waals surface area contributed by atoms with Gasteiger partial charge in [0, 0.05) is 0 Å². The molecule has 2 aliphatic rings. The molecule has 1 fully saturated rings. The van der Waals surface area contributed by atoms with Crippen molar-refractivity contribution in [3.8, 4) is 0 Å². The molecule has 0 radical (unpaired) electrons. The number of fused-ring (bicyclic) bond motifs is 1. The Morgan fingerprint density at radius 1 is 1.35 bits per heavy atom. The number of ether oxygens (including phenoxy) is 4. The molecule has 1 amide bonds. The molecule has 0 aliphatic carbocycles. The smallest absolute Gasteiger partial charge is 0.407 e. The first-order valence-corrected chi connectivity index (χ1v) is 6.81. The largest absolute Gasteiger partial charge is 0.494 e. The summed E-state index contributed by atoms with van der Waals surface area (Å²) >= 11 is 0. The average Bonchev–Trinajstić information content (AvgIpc) is 2.58. The molecule has 6 heteroatoms. The summed E-state index contributed by atoms with van der Waals surface area (Å²) in [6, 6.07) is 0. The lowest BCUT2D eigenvalue weighted by atomic mass is 10.1. The van der Waals surface area contributed by atoms with E-state index in [-0.39, 0.29) is 18.3 Å². The van der Waals surface area contributed by atoms with Crippen molar-refractivity contribution in [3.05, 3.63) is 12.3 Å². The molecule has 2 heterocycles. The number of alkyl carbamates (subject to hydrolysis) is 1. The highest BCUT2D eigenvalue weighted by atomic mass is 16.8. The second-order valence-electron chi connectivity index (χ2n) is 6.45. The van der Waals surface area contributed by atoms with Crippen LogP contribution in [-0.2, 0) is 18.9 Å². The van der Waals surface area contributed by atoms with Crippen molar-refractivity contribution in [2.75, 3.05) is 6.54 Å². The fourth-order valence-corrected chi connectivity index (χ4v) is 2.22. The first-order valence-electron chi connectivity index (χ1n) is 6.81. The van der Waals surface area contributed by atoms with Crippen molar-refractivity contribution in [2.45, 2.75) is 64.3 Å². The minimum atomic E-state index is -0.641. The molecule has 0 saturated carbocycles. The minimum Gasteiger partial charge on any atom is -0.494 e. The van der Waals surface area contributed by atoms with E-state index in [9.17, 15) is 4.79 Å². The lowest BCUT2D eigenvalue weighted by Gasteiger charge is -2.28. The number of nitrogens with one attached hydrogen (secondary N) is 1. The quantitative estimate of drug-likeness (QED) is 0.840. The fraction of sp³-hybridized carbons (Fsp3) is 0.786. The maximum Gasteiger partial charge on any atom is 0.407 e. The topological polar surface area (TPSA) is 66.0 Å². The van der Waals surface area contributed by atoms with E-state index in [1.165, 1.54) is 0 Å². The summed E-state index contributed by atoms with van der Waals surface area (Å²) in [5.74, 6) is -0.641. The normalized spacial score (nSPS) is 31.4. The Balaban J connectivity index is 1.87. The van der Waals surface area contributed by atoms with Gasteiger partial charge in [-0.05, 0) is 40.7 Å². The molecular formula is C14H23NO5. The number of rotatable bonds is 2. The zero-order chi connectivity index (χ0) is 15.0. The maximum atomic E-state index is 11.6. The molecule has 3 atom stereocenters. The first-order chi connectivity index (χ1) is 9.16. The highest BCUT2D eigenvalue weighted by Crippen LogP contribution is 2.33. The van der Waals surface area contributed by atoms with E-state index in [1.54, 1.807) is 6.26 Å². The lowest BCUT2D eigenvalue weighted by Crippen LogP contribution is -2.46. The second kappa shape index (κ2) is 5.26. The molecule has 20 heavy (non-hydrogen) atoms.